The van der Waals surface area contributed by atoms with Crippen LogP contribution in [0.3, 0.4) is 0 Å². The third-order valence-electron chi connectivity index (χ3n) is 12.8. The van der Waals surface area contributed by atoms with E-state index in [4.69, 9.17) is 19.4 Å². The number of allylic oxidation sites excluding steroid dienone is 8. The third kappa shape index (κ3) is 5.62. The first-order valence-corrected chi connectivity index (χ1v) is 20.4. The van der Waals surface area contributed by atoms with Gasteiger partial charge in [0.05, 0.1) is 6.07 Å². The molecule has 0 radical (unpaired) electrons. The van der Waals surface area contributed by atoms with E-state index < -0.39 is 0 Å². The van der Waals surface area contributed by atoms with Crippen molar-refractivity contribution in [1.82, 2.24) is 15.0 Å². The number of benzene rings is 5. The summed E-state index contributed by atoms with van der Waals surface area (Å²) >= 11 is 0. The summed E-state index contributed by atoms with van der Waals surface area (Å²) in [6.07, 6.45) is 18.6. The summed E-state index contributed by atoms with van der Waals surface area (Å²) in [5, 5.41) is 11.8. The zero-order valence-corrected chi connectivity index (χ0v) is 31.8. The first kappa shape index (κ1) is 33.7. The van der Waals surface area contributed by atoms with Gasteiger partial charge in [-0.15, -0.1) is 0 Å². The number of hydrogen-bond donors (Lipinski definition) is 0. The highest BCUT2D eigenvalue weighted by Gasteiger charge is 2.45. The highest BCUT2D eigenvalue weighted by Crippen LogP contribution is 2.58. The lowest BCUT2D eigenvalue weighted by Crippen LogP contribution is -2.30. The number of aromatic nitrogens is 3. The molecule has 5 nitrogen and oxygen atoms in total. The van der Waals surface area contributed by atoms with Crippen LogP contribution in [-0.4, -0.2) is 15.0 Å². The van der Waals surface area contributed by atoms with E-state index in [1.165, 1.54) is 65.5 Å². The second kappa shape index (κ2) is 13.5. The molecule has 0 unspecified atom stereocenters. The quantitative estimate of drug-likeness (QED) is 0.176. The molecule has 1 spiro atoms. The molecule has 2 heterocycles. The Labute approximate surface area is 332 Å². The van der Waals surface area contributed by atoms with E-state index >= 15 is 0 Å². The average Bonchev–Trinajstić information content (AvgIpc) is 3.79. The van der Waals surface area contributed by atoms with Gasteiger partial charge in [-0.25, -0.2) is 15.0 Å². The first-order chi connectivity index (χ1) is 28.1. The molecule has 0 N–H and O–H groups in total. The van der Waals surface area contributed by atoms with Crippen LogP contribution in [0.1, 0.15) is 74.7 Å². The van der Waals surface area contributed by atoms with Crippen LogP contribution in [0.4, 0.5) is 0 Å². The van der Waals surface area contributed by atoms with Crippen LogP contribution in [0.2, 0.25) is 0 Å². The Bertz CT molecular complexity index is 2940. The van der Waals surface area contributed by atoms with Gasteiger partial charge in [0.2, 0.25) is 0 Å². The minimum absolute atomic E-state index is 0.113. The number of nitrogens with zero attached hydrogens (tertiary/aromatic N) is 4. The van der Waals surface area contributed by atoms with Gasteiger partial charge in [0.25, 0.3) is 0 Å². The van der Waals surface area contributed by atoms with Crippen LogP contribution >= 0.6 is 0 Å². The maximum absolute atomic E-state index is 9.76. The molecule has 2 aromatic heterocycles. The van der Waals surface area contributed by atoms with Crippen LogP contribution in [0.25, 0.3) is 78.1 Å². The zero-order valence-electron chi connectivity index (χ0n) is 31.8. The van der Waals surface area contributed by atoms with Crippen molar-refractivity contribution in [2.75, 3.05) is 0 Å². The average molecular weight is 737 g/mol. The minimum atomic E-state index is 0.113. The largest absolute Gasteiger partial charge is 0.456 e. The van der Waals surface area contributed by atoms with Gasteiger partial charge in [-0.3, -0.25) is 0 Å². The fraction of sp³-hybridized carbons (Fsp3) is 0.192. The second-order valence-corrected chi connectivity index (χ2v) is 16.0. The van der Waals surface area contributed by atoms with Crippen LogP contribution in [0.5, 0.6) is 0 Å². The number of furan rings is 1. The number of nitriles is 1. The highest BCUT2D eigenvalue weighted by atomic mass is 16.3. The van der Waals surface area contributed by atoms with E-state index in [9.17, 15) is 5.26 Å². The molecule has 0 aliphatic heterocycles. The fourth-order valence-electron chi connectivity index (χ4n) is 10.0. The standard InChI is InChI=1S/C52H40N4O/c53-32-33-19-26-44-43(29-33)40-25-24-39(31-45(40)52(44)27-7-2-8-28-52)38-14-9-13-37(30-38)34-20-22-36(23-21-34)50-54-49(35-11-3-1-4-12-35)55-51(56-50)42-16-10-18-47-48(42)41-15-5-6-17-46(41)57-47/h1,3,5-6,9-11,13-18,20-25,29-31H,2,4,7-8,12,19,26-28H2. The van der Waals surface area contributed by atoms with Gasteiger partial charge in [0, 0.05) is 32.9 Å². The summed E-state index contributed by atoms with van der Waals surface area (Å²) in [4.78, 5) is 15.3. The number of para-hydroxylation sites is 1. The van der Waals surface area contributed by atoms with Gasteiger partial charge in [0.1, 0.15) is 11.2 Å². The monoisotopic (exact) mass is 736 g/mol. The Kier molecular flexibility index (Phi) is 8.00. The number of rotatable bonds is 5. The maximum atomic E-state index is 9.76. The van der Waals surface area contributed by atoms with E-state index in [0.717, 1.165) is 75.5 Å². The summed E-state index contributed by atoms with van der Waals surface area (Å²) < 4.78 is 6.24. The van der Waals surface area contributed by atoms with Crippen molar-refractivity contribution >= 4 is 33.1 Å². The van der Waals surface area contributed by atoms with Crippen molar-refractivity contribution in [3.63, 3.8) is 0 Å². The van der Waals surface area contributed by atoms with Gasteiger partial charge in [0.15, 0.2) is 17.5 Å². The van der Waals surface area contributed by atoms with Gasteiger partial charge in [-0.1, -0.05) is 128 Å². The Morgan fingerprint density at radius 3 is 2.19 bits per heavy atom. The SMILES string of the molecule is N#CC1=CC2=C(CC1)C1(CCCCC1)c1cc(-c3cccc(-c4ccc(-c5nc(C6=CC=CCC6)nc(-c6cccc7oc8ccccc8c67)n5)cc4)c3)ccc12. The molecule has 0 saturated heterocycles. The van der Waals surface area contributed by atoms with E-state index in [1.807, 2.05) is 30.3 Å². The second-order valence-electron chi connectivity index (χ2n) is 16.0. The molecule has 5 aromatic carbocycles. The summed E-state index contributed by atoms with van der Waals surface area (Å²) in [7, 11) is 0. The molecule has 0 atom stereocenters. The zero-order chi connectivity index (χ0) is 37.9. The molecule has 0 amide bonds. The van der Waals surface area contributed by atoms with Gasteiger partial charge >= 0.3 is 0 Å². The molecule has 11 rings (SSSR count). The lowest BCUT2D eigenvalue weighted by molar-refractivity contribution is 0.338. The van der Waals surface area contributed by atoms with E-state index in [2.05, 4.69) is 109 Å². The van der Waals surface area contributed by atoms with Crippen molar-refractivity contribution in [3.8, 4) is 51.1 Å². The summed E-state index contributed by atoms with van der Waals surface area (Å²) in [5.74, 6) is 2.00. The molecule has 57 heavy (non-hydrogen) atoms. The van der Waals surface area contributed by atoms with Crippen LogP contribution < -0.4 is 0 Å². The summed E-state index contributed by atoms with van der Waals surface area (Å²) in [5.41, 5.74) is 16.2. The van der Waals surface area contributed by atoms with Crippen molar-refractivity contribution in [1.29, 1.82) is 5.26 Å². The normalized spacial score (nSPS) is 17.0. The smallest absolute Gasteiger partial charge is 0.164 e. The molecule has 274 valence electrons. The van der Waals surface area contributed by atoms with Crippen LogP contribution in [0, 0.1) is 11.3 Å². The lowest BCUT2D eigenvalue weighted by atomic mass is 9.65. The fourth-order valence-corrected chi connectivity index (χ4v) is 10.0. The van der Waals surface area contributed by atoms with Crippen LogP contribution in [0.15, 0.2) is 149 Å². The highest BCUT2D eigenvalue weighted by molar-refractivity contribution is 6.11. The molecule has 0 bridgehead atoms. The summed E-state index contributed by atoms with van der Waals surface area (Å²) in [6, 6.07) is 41.3. The first-order valence-electron chi connectivity index (χ1n) is 20.4. The number of fused-ring (bicyclic) bond motifs is 7. The molecule has 5 heteroatoms. The molecular formula is C52H40N4O. The molecule has 4 aliphatic rings. The van der Waals surface area contributed by atoms with Crippen molar-refractivity contribution in [2.24, 2.45) is 0 Å². The van der Waals surface area contributed by atoms with Gasteiger partial charge in [-0.05, 0) is 113 Å². The van der Waals surface area contributed by atoms with Gasteiger partial charge in [-0.2, -0.15) is 5.26 Å². The predicted octanol–water partition coefficient (Wildman–Crippen LogP) is 13.4. The molecule has 4 aliphatic carbocycles. The minimum Gasteiger partial charge on any atom is -0.456 e. The molecular weight excluding hydrogens is 697 g/mol. The Hall–Kier alpha value is -6.64. The summed E-state index contributed by atoms with van der Waals surface area (Å²) in [6.45, 7) is 0. The van der Waals surface area contributed by atoms with E-state index in [1.54, 1.807) is 5.57 Å². The topological polar surface area (TPSA) is 75.6 Å². The van der Waals surface area contributed by atoms with Crippen molar-refractivity contribution in [2.45, 2.75) is 63.2 Å². The molecule has 1 saturated carbocycles. The van der Waals surface area contributed by atoms with Crippen LogP contribution in [-0.2, 0) is 5.41 Å². The Morgan fingerprint density at radius 2 is 1.35 bits per heavy atom. The van der Waals surface area contributed by atoms with Gasteiger partial charge < -0.3 is 4.42 Å². The molecule has 1 fully saturated rings. The van der Waals surface area contributed by atoms with Crippen molar-refractivity contribution in [3.05, 3.63) is 162 Å². The number of hydrogen-bond acceptors (Lipinski definition) is 5. The van der Waals surface area contributed by atoms with E-state index in [-0.39, 0.29) is 5.41 Å². The molecule has 7 aromatic rings. The van der Waals surface area contributed by atoms with Crippen molar-refractivity contribution < 1.29 is 4.42 Å². The lowest BCUT2D eigenvalue weighted by Gasteiger charge is -2.38. The Morgan fingerprint density at radius 1 is 0.614 bits per heavy atom. The van der Waals surface area contributed by atoms with E-state index in [0.29, 0.717) is 17.5 Å². The Balaban J connectivity index is 0.953. The third-order valence-corrected chi connectivity index (χ3v) is 12.8. The maximum Gasteiger partial charge on any atom is 0.164 e. The predicted molar refractivity (Wildman–Crippen MR) is 230 cm³/mol.